The minimum absolute atomic E-state index is 0.258. The van der Waals surface area contributed by atoms with E-state index in [9.17, 15) is 14.9 Å². The molecule has 0 N–H and O–H groups in total. The molecule has 0 spiro atoms. The lowest BCUT2D eigenvalue weighted by atomic mass is 10.0. The van der Waals surface area contributed by atoms with Crippen LogP contribution in [0, 0.1) is 10.1 Å². The van der Waals surface area contributed by atoms with Gasteiger partial charge in [0.15, 0.2) is 0 Å². The SMILES string of the molecule is CC(C)(CC[14CH]=O)[N+](=O)[O-]. The fourth-order valence-corrected chi connectivity index (χ4v) is 0.503. The van der Waals surface area contributed by atoms with Crippen molar-refractivity contribution in [2.75, 3.05) is 0 Å². The average molecular weight is 147 g/mol. The Morgan fingerprint density at radius 2 is 2.10 bits per heavy atom. The van der Waals surface area contributed by atoms with Crippen LogP contribution in [0.4, 0.5) is 0 Å². The van der Waals surface area contributed by atoms with Crippen LogP contribution in [0.2, 0.25) is 0 Å². The number of rotatable bonds is 4. The van der Waals surface area contributed by atoms with E-state index in [1.54, 1.807) is 0 Å². The molecule has 4 nitrogen and oxygen atoms in total. The minimum atomic E-state index is -0.957. The predicted octanol–water partition coefficient (Wildman–Crippen LogP) is 1.02. The zero-order chi connectivity index (χ0) is 8.20. The van der Waals surface area contributed by atoms with E-state index in [0.29, 0.717) is 12.7 Å². The first kappa shape index (κ1) is 9.07. The van der Waals surface area contributed by atoms with E-state index in [1.807, 2.05) is 0 Å². The van der Waals surface area contributed by atoms with Gasteiger partial charge in [-0.2, -0.15) is 0 Å². The highest BCUT2D eigenvalue weighted by molar-refractivity contribution is 5.49. The molecule has 58 valence electrons. The molecule has 0 aromatic rings. The highest BCUT2D eigenvalue weighted by atomic mass is 16.6. The van der Waals surface area contributed by atoms with E-state index in [-0.39, 0.29) is 11.3 Å². The number of nitro groups is 1. The second-order valence-corrected chi connectivity index (χ2v) is 2.77. The van der Waals surface area contributed by atoms with Crippen molar-refractivity contribution in [1.82, 2.24) is 0 Å². The van der Waals surface area contributed by atoms with Crippen molar-refractivity contribution in [1.29, 1.82) is 0 Å². The second kappa shape index (κ2) is 3.29. The van der Waals surface area contributed by atoms with Crippen LogP contribution in [0.5, 0.6) is 0 Å². The van der Waals surface area contributed by atoms with Gasteiger partial charge in [0.2, 0.25) is 5.54 Å². The van der Waals surface area contributed by atoms with Crippen LogP contribution in [0.3, 0.4) is 0 Å². The summed E-state index contributed by atoms with van der Waals surface area (Å²) >= 11 is 0. The molecule has 0 fully saturated rings. The highest BCUT2D eigenvalue weighted by Crippen LogP contribution is 2.13. The monoisotopic (exact) mass is 147 g/mol. The van der Waals surface area contributed by atoms with Crippen molar-refractivity contribution in [3.05, 3.63) is 10.1 Å². The van der Waals surface area contributed by atoms with Crippen molar-refractivity contribution in [3.8, 4) is 0 Å². The molecule has 0 atom stereocenters. The molecule has 0 saturated carbocycles. The summed E-state index contributed by atoms with van der Waals surface area (Å²) in [6.45, 7) is 3.02. The first-order valence-corrected chi connectivity index (χ1v) is 3.09. The van der Waals surface area contributed by atoms with Gasteiger partial charge in [-0.15, -0.1) is 0 Å². The van der Waals surface area contributed by atoms with Gasteiger partial charge in [0, 0.05) is 31.6 Å². The molecule has 0 aliphatic heterocycles. The number of carbonyl (C=O) groups is 1. The van der Waals surface area contributed by atoms with Crippen molar-refractivity contribution < 1.29 is 9.72 Å². The molecule has 0 aliphatic carbocycles. The van der Waals surface area contributed by atoms with Crippen LogP contribution >= 0.6 is 0 Å². The van der Waals surface area contributed by atoms with Crippen molar-refractivity contribution in [2.45, 2.75) is 32.2 Å². The molecule has 4 heteroatoms. The van der Waals surface area contributed by atoms with Crippen molar-refractivity contribution >= 4 is 6.29 Å². The van der Waals surface area contributed by atoms with E-state index in [4.69, 9.17) is 0 Å². The largest absolute Gasteiger partial charge is 0.303 e. The summed E-state index contributed by atoms with van der Waals surface area (Å²) < 4.78 is 0. The Balaban J connectivity index is 3.86. The molecular weight excluding hydrogens is 136 g/mol. The Bertz CT molecular complexity index is 142. The lowest BCUT2D eigenvalue weighted by molar-refractivity contribution is -0.561. The number of carbonyl (C=O) groups excluding carboxylic acids is 1. The van der Waals surface area contributed by atoms with Crippen molar-refractivity contribution in [3.63, 3.8) is 0 Å². The molecule has 0 unspecified atom stereocenters. The quantitative estimate of drug-likeness (QED) is 0.339. The molecule has 0 rings (SSSR count). The standard InChI is InChI=1S/C6H11NO3/c1-6(2,7(9)10)4-3-5-8/h5H,3-4H2,1-2H3/i5+2. The van der Waals surface area contributed by atoms with Crippen LogP contribution < -0.4 is 0 Å². The van der Waals surface area contributed by atoms with E-state index in [2.05, 4.69) is 0 Å². The molecule has 0 aliphatic rings. The third-order valence-electron chi connectivity index (χ3n) is 1.37. The summed E-state index contributed by atoms with van der Waals surface area (Å²) in [5.74, 6) is 0. The zero-order valence-corrected chi connectivity index (χ0v) is 6.16. The molecule has 0 amide bonds. The first-order valence-electron chi connectivity index (χ1n) is 3.09. The lowest BCUT2D eigenvalue weighted by Crippen LogP contribution is -2.30. The highest BCUT2D eigenvalue weighted by Gasteiger charge is 2.29. The Morgan fingerprint density at radius 3 is 2.40 bits per heavy atom. The third kappa shape index (κ3) is 2.57. The van der Waals surface area contributed by atoms with E-state index in [0.717, 1.165) is 0 Å². The minimum Gasteiger partial charge on any atom is -0.303 e. The summed E-state index contributed by atoms with van der Waals surface area (Å²) in [5.41, 5.74) is -0.957. The van der Waals surface area contributed by atoms with Gasteiger partial charge < -0.3 is 4.79 Å². The van der Waals surface area contributed by atoms with Gasteiger partial charge in [-0.05, 0) is 0 Å². The number of hydrogen-bond acceptors (Lipinski definition) is 3. The average Bonchev–Trinajstić information content (AvgIpc) is 1.84. The predicted molar refractivity (Wildman–Crippen MR) is 36.4 cm³/mol. The third-order valence-corrected chi connectivity index (χ3v) is 1.37. The maximum Gasteiger partial charge on any atom is 0.217 e. The van der Waals surface area contributed by atoms with Gasteiger partial charge in [0.25, 0.3) is 0 Å². The van der Waals surface area contributed by atoms with Gasteiger partial charge >= 0.3 is 0 Å². The molecule has 0 heterocycles. The Hall–Kier alpha value is -0.930. The number of aldehydes is 1. The molecule has 0 radical (unpaired) electrons. The summed E-state index contributed by atoms with van der Waals surface area (Å²) in [4.78, 5) is 19.7. The maximum atomic E-state index is 10.2. The Labute approximate surface area is 59.4 Å². The van der Waals surface area contributed by atoms with Crippen LogP contribution in [0.15, 0.2) is 0 Å². The lowest BCUT2D eigenvalue weighted by Gasteiger charge is -2.12. The van der Waals surface area contributed by atoms with Gasteiger partial charge in [0.1, 0.15) is 6.29 Å². The summed E-state index contributed by atoms with van der Waals surface area (Å²) in [7, 11) is 0. The maximum absolute atomic E-state index is 10.2. The Morgan fingerprint density at radius 1 is 1.60 bits per heavy atom. The molecular formula is C6H11NO3. The van der Waals surface area contributed by atoms with E-state index in [1.165, 1.54) is 13.8 Å². The van der Waals surface area contributed by atoms with E-state index >= 15 is 0 Å². The molecule has 0 saturated heterocycles. The van der Waals surface area contributed by atoms with Gasteiger partial charge in [-0.25, -0.2) is 0 Å². The van der Waals surface area contributed by atoms with Gasteiger partial charge in [0.05, 0.1) is 0 Å². The fraction of sp³-hybridized carbons (Fsp3) is 0.833. The van der Waals surface area contributed by atoms with Gasteiger partial charge in [-0.3, -0.25) is 10.1 Å². The molecule has 10 heavy (non-hydrogen) atoms. The van der Waals surface area contributed by atoms with Crippen LogP contribution in [-0.2, 0) is 4.79 Å². The molecule has 0 aromatic carbocycles. The number of hydrogen-bond donors (Lipinski definition) is 0. The van der Waals surface area contributed by atoms with Crippen LogP contribution in [-0.4, -0.2) is 16.7 Å². The zero-order valence-electron chi connectivity index (χ0n) is 6.16. The second-order valence-electron chi connectivity index (χ2n) is 2.77. The van der Waals surface area contributed by atoms with Gasteiger partial charge in [-0.1, -0.05) is 0 Å². The summed E-state index contributed by atoms with van der Waals surface area (Å²) in [6, 6.07) is 0. The first-order chi connectivity index (χ1) is 4.50. The Kier molecular flexibility index (Phi) is 2.99. The van der Waals surface area contributed by atoms with Crippen molar-refractivity contribution in [2.24, 2.45) is 0 Å². The van der Waals surface area contributed by atoms with Crippen LogP contribution in [0.25, 0.3) is 0 Å². The topological polar surface area (TPSA) is 60.2 Å². The molecule has 0 aromatic heterocycles. The smallest absolute Gasteiger partial charge is 0.217 e. The summed E-state index contributed by atoms with van der Waals surface area (Å²) in [6.07, 6.45) is 1.27. The fourth-order valence-electron chi connectivity index (χ4n) is 0.503. The van der Waals surface area contributed by atoms with Crippen LogP contribution in [0.1, 0.15) is 26.7 Å². The molecule has 0 bridgehead atoms. The number of nitrogens with zero attached hydrogens (tertiary/aromatic N) is 1. The van der Waals surface area contributed by atoms with E-state index < -0.39 is 5.54 Å². The summed E-state index contributed by atoms with van der Waals surface area (Å²) in [5, 5.41) is 10.2. The normalized spacial score (nSPS) is 11.0.